The van der Waals surface area contributed by atoms with Crippen LogP contribution >= 0.6 is 22.6 Å². The van der Waals surface area contributed by atoms with Crippen molar-refractivity contribution in [1.82, 2.24) is 10.8 Å². The van der Waals surface area contributed by atoms with Crippen LogP contribution in [0.1, 0.15) is 21.5 Å². The maximum atomic E-state index is 15.3. The Kier molecular flexibility index (Phi) is 8.68. The zero-order valence-corrected chi connectivity index (χ0v) is 19.2. The van der Waals surface area contributed by atoms with Crippen LogP contribution in [0.2, 0.25) is 0 Å². The Hall–Kier alpha value is -2.40. The lowest BCUT2D eigenvalue weighted by molar-refractivity contribution is -0.123. The molecule has 0 fully saturated rings. The van der Waals surface area contributed by atoms with Gasteiger partial charge in [-0.3, -0.25) is 0 Å². The topological polar surface area (TPSA) is 70.6 Å². The van der Waals surface area contributed by atoms with Crippen molar-refractivity contribution < 1.29 is 23.5 Å². The summed E-state index contributed by atoms with van der Waals surface area (Å²) < 4.78 is 31.6. The number of rotatable bonds is 10. The first-order chi connectivity index (χ1) is 15.4. The molecule has 32 heavy (non-hydrogen) atoms. The molecule has 0 radical (unpaired) electrons. The van der Waals surface area contributed by atoms with Gasteiger partial charge in [0.1, 0.15) is 6.04 Å². The van der Waals surface area contributed by atoms with Crippen molar-refractivity contribution in [3.63, 3.8) is 0 Å². The lowest BCUT2D eigenvalue weighted by Crippen LogP contribution is -2.54. The maximum Gasteiger partial charge on any atom is 0.356 e. The first-order valence-electron chi connectivity index (χ1n) is 9.96. The summed E-state index contributed by atoms with van der Waals surface area (Å²) in [7, 11) is 0. The van der Waals surface area contributed by atoms with E-state index in [1.54, 1.807) is 24.3 Å². The van der Waals surface area contributed by atoms with E-state index < -0.39 is 24.0 Å². The molecule has 0 saturated heterocycles. The van der Waals surface area contributed by atoms with E-state index in [0.717, 1.165) is 9.13 Å². The Morgan fingerprint density at radius 3 is 2.31 bits per heavy atom. The number of hydroxylamine groups is 1. The normalized spacial score (nSPS) is 13.4. The van der Waals surface area contributed by atoms with Crippen molar-refractivity contribution in [2.45, 2.75) is 24.6 Å². The molecule has 0 aliphatic heterocycles. The molecule has 3 N–H and O–H groups in total. The molecule has 0 saturated carbocycles. The van der Waals surface area contributed by atoms with E-state index in [4.69, 9.17) is 4.84 Å². The predicted molar refractivity (Wildman–Crippen MR) is 126 cm³/mol. The number of carbonyl (C=O) groups excluding carboxylic acids is 1. The molecule has 0 aromatic heterocycles. The minimum atomic E-state index is -3.51. The van der Waals surface area contributed by atoms with Crippen LogP contribution < -0.4 is 10.8 Å². The molecular formula is C24H23F2IN2O3. The molecule has 3 aromatic rings. The number of carbonyl (C=O) groups is 1. The van der Waals surface area contributed by atoms with Crippen molar-refractivity contribution in [2.75, 3.05) is 6.54 Å². The van der Waals surface area contributed by atoms with Crippen LogP contribution in [0.15, 0.2) is 84.9 Å². The minimum Gasteiger partial charge on any atom is -0.390 e. The average molecular weight is 552 g/mol. The van der Waals surface area contributed by atoms with Gasteiger partial charge in [-0.15, -0.1) is 5.48 Å². The van der Waals surface area contributed by atoms with E-state index in [0.29, 0.717) is 6.54 Å². The van der Waals surface area contributed by atoms with Crippen LogP contribution in [0.25, 0.3) is 0 Å². The monoisotopic (exact) mass is 552 g/mol. The van der Waals surface area contributed by atoms with Crippen molar-refractivity contribution in [3.8, 4) is 0 Å². The number of hydrogen-bond acceptors (Lipinski definition) is 5. The molecule has 168 valence electrons. The Morgan fingerprint density at radius 2 is 1.66 bits per heavy atom. The molecule has 2 atom stereocenters. The SMILES string of the molecule is O=C(ON[C@H]([C@H](O)CNCc1cccc(I)c1)C(F)(F)c1ccccc1)c1ccccc1. The molecular weight excluding hydrogens is 529 g/mol. The van der Waals surface area contributed by atoms with E-state index in [9.17, 15) is 9.90 Å². The van der Waals surface area contributed by atoms with Crippen LogP contribution in [-0.2, 0) is 17.3 Å². The number of halogens is 3. The largest absolute Gasteiger partial charge is 0.390 e. The minimum absolute atomic E-state index is 0.144. The van der Waals surface area contributed by atoms with Gasteiger partial charge in [-0.25, -0.2) is 4.79 Å². The van der Waals surface area contributed by atoms with E-state index in [1.165, 1.54) is 36.4 Å². The highest BCUT2D eigenvalue weighted by atomic mass is 127. The molecule has 3 rings (SSSR count). The molecule has 0 aliphatic rings. The van der Waals surface area contributed by atoms with Gasteiger partial charge in [0.15, 0.2) is 0 Å². The summed E-state index contributed by atoms with van der Waals surface area (Å²) in [5, 5.41) is 13.6. The lowest BCUT2D eigenvalue weighted by Gasteiger charge is -2.31. The standard InChI is InChI=1S/C24H23F2IN2O3/c25-24(26,19-11-5-2-6-12-19)22(29-32-23(31)18-9-3-1-4-10-18)21(30)16-28-15-17-8-7-13-20(27)14-17/h1-14,21-22,28-30H,15-16H2/t21-,22-/m1/s1. The second kappa shape index (κ2) is 11.5. The summed E-state index contributed by atoms with van der Waals surface area (Å²) in [5.41, 5.74) is 2.98. The van der Waals surface area contributed by atoms with Gasteiger partial charge in [0.05, 0.1) is 11.7 Å². The number of aliphatic hydroxyl groups is 1. The molecule has 8 heteroatoms. The van der Waals surface area contributed by atoms with Crippen molar-refractivity contribution in [1.29, 1.82) is 0 Å². The second-order valence-corrected chi connectivity index (χ2v) is 8.41. The Bertz CT molecular complexity index is 1010. The Morgan fingerprint density at radius 1 is 1.00 bits per heavy atom. The van der Waals surface area contributed by atoms with Gasteiger partial charge < -0.3 is 15.3 Å². The first kappa shape index (κ1) is 24.2. The molecule has 5 nitrogen and oxygen atoms in total. The lowest BCUT2D eigenvalue weighted by atomic mass is 9.97. The van der Waals surface area contributed by atoms with Crippen molar-refractivity contribution in [3.05, 3.63) is 105 Å². The number of hydrogen-bond donors (Lipinski definition) is 3. The summed E-state index contributed by atoms with van der Waals surface area (Å²) >= 11 is 2.19. The summed E-state index contributed by atoms with van der Waals surface area (Å²) in [6.07, 6.45) is -1.56. The Balaban J connectivity index is 1.71. The highest BCUT2D eigenvalue weighted by Crippen LogP contribution is 2.33. The predicted octanol–water partition coefficient (Wildman–Crippen LogP) is 4.26. The van der Waals surface area contributed by atoms with Crippen LogP contribution in [0.3, 0.4) is 0 Å². The smallest absolute Gasteiger partial charge is 0.356 e. The molecule has 0 heterocycles. The molecule has 0 unspecified atom stereocenters. The molecule has 0 aliphatic carbocycles. The number of alkyl halides is 2. The zero-order valence-electron chi connectivity index (χ0n) is 17.0. The summed E-state index contributed by atoms with van der Waals surface area (Å²) in [6, 6.07) is 20.9. The van der Waals surface area contributed by atoms with Gasteiger partial charge in [-0.2, -0.15) is 8.78 Å². The van der Waals surface area contributed by atoms with Gasteiger partial charge >= 0.3 is 5.97 Å². The maximum absolute atomic E-state index is 15.3. The van der Waals surface area contributed by atoms with Crippen LogP contribution in [0.4, 0.5) is 8.78 Å². The highest BCUT2D eigenvalue weighted by Gasteiger charge is 2.46. The number of benzene rings is 3. The van der Waals surface area contributed by atoms with Gasteiger partial charge in [0, 0.05) is 22.2 Å². The molecule has 0 amide bonds. The third kappa shape index (κ3) is 6.55. The fourth-order valence-electron chi connectivity index (χ4n) is 3.11. The van der Waals surface area contributed by atoms with Crippen LogP contribution in [0, 0.1) is 3.57 Å². The van der Waals surface area contributed by atoms with Gasteiger partial charge in [0.2, 0.25) is 0 Å². The highest BCUT2D eigenvalue weighted by molar-refractivity contribution is 14.1. The molecule has 3 aromatic carbocycles. The van der Waals surface area contributed by atoms with Gasteiger partial charge in [-0.1, -0.05) is 60.7 Å². The van der Waals surface area contributed by atoms with Crippen LogP contribution in [0.5, 0.6) is 0 Å². The quantitative estimate of drug-likeness (QED) is 0.259. The first-order valence-corrected chi connectivity index (χ1v) is 11.0. The molecule has 0 bridgehead atoms. The van der Waals surface area contributed by atoms with E-state index in [1.807, 2.05) is 24.3 Å². The fourth-order valence-corrected chi connectivity index (χ4v) is 3.72. The van der Waals surface area contributed by atoms with E-state index in [-0.39, 0.29) is 17.7 Å². The summed E-state index contributed by atoms with van der Waals surface area (Å²) in [6.45, 7) is 0.246. The fraction of sp³-hybridized carbons (Fsp3) is 0.208. The van der Waals surface area contributed by atoms with Crippen LogP contribution in [-0.4, -0.2) is 29.8 Å². The summed E-state index contributed by atoms with van der Waals surface area (Å²) in [5.74, 6) is -4.33. The van der Waals surface area contributed by atoms with Gasteiger partial charge in [0.25, 0.3) is 5.92 Å². The third-order valence-electron chi connectivity index (χ3n) is 4.79. The average Bonchev–Trinajstić information content (AvgIpc) is 2.80. The third-order valence-corrected chi connectivity index (χ3v) is 5.46. The van der Waals surface area contributed by atoms with E-state index >= 15 is 8.78 Å². The van der Waals surface area contributed by atoms with E-state index in [2.05, 4.69) is 33.4 Å². The van der Waals surface area contributed by atoms with Gasteiger partial charge in [-0.05, 0) is 52.4 Å². The Labute approximate surface area is 198 Å². The second-order valence-electron chi connectivity index (χ2n) is 7.17. The number of nitrogens with one attached hydrogen (secondary N) is 2. The molecule has 0 spiro atoms. The van der Waals surface area contributed by atoms with Crippen molar-refractivity contribution >= 4 is 28.6 Å². The zero-order chi connectivity index (χ0) is 23.0. The van der Waals surface area contributed by atoms with Crippen molar-refractivity contribution in [2.24, 2.45) is 0 Å². The summed E-state index contributed by atoms with van der Waals surface area (Å²) in [4.78, 5) is 17.2. The number of aliphatic hydroxyl groups excluding tert-OH is 1.